The van der Waals surface area contributed by atoms with E-state index in [0.29, 0.717) is 24.3 Å². The van der Waals surface area contributed by atoms with Gasteiger partial charge in [0, 0.05) is 11.5 Å². The van der Waals surface area contributed by atoms with Crippen molar-refractivity contribution in [2.75, 3.05) is 20.2 Å². The normalized spacial score (nSPS) is 25.1. The summed E-state index contributed by atoms with van der Waals surface area (Å²) in [5.74, 6) is 1.58. The molecule has 0 amide bonds. The molecule has 0 unspecified atom stereocenters. The lowest BCUT2D eigenvalue weighted by atomic mass is 9.79. The van der Waals surface area contributed by atoms with E-state index in [1.807, 2.05) is 0 Å². The maximum Gasteiger partial charge on any atom is 0.164 e. The first-order chi connectivity index (χ1) is 9.22. The molecule has 1 aromatic rings. The van der Waals surface area contributed by atoms with Gasteiger partial charge in [0.2, 0.25) is 0 Å². The lowest BCUT2D eigenvalue weighted by Gasteiger charge is -2.43. The molecule has 2 heterocycles. The molecule has 20 heavy (non-hydrogen) atoms. The molecule has 0 aliphatic carbocycles. The number of hydrogen-bond donors (Lipinski definition) is 1. The van der Waals surface area contributed by atoms with Crippen LogP contribution in [-0.4, -0.2) is 36.2 Å². The van der Waals surface area contributed by atoms with Gasteiger partial charge in [-0.3, -0.25) is 4.90 Å². The fourth-order valence-corrected chi connectivity index (χ4v) is 3.65. The average Bonchev–Trinajstić information content (AvgIpc) is 2.42. The van der Waals surface area contributed by atoms with E-state index in [0.717, 1.165) is 25.1 Å². The Balaban J connectivity index is 0.00000147. The maximum absolute atomic E-state index is 10.1. The Morgan fingerprint density at radius 1 is 1.40 bits per heavy atom. The van der Waals surface area contributed by atoms with Gasteiger partial charge >= 0.3 is 0 Å². The van der Waals surface area contributed by atoms with Crippen LogP contribution in [0.5, 0.6) is 11.5 Å². The van der Waals surface area contributed by atoms with E-state index in [4.69, 9.17) is 4.74 Å². The average molecular weight is 298 g/mol. The molecule has 1 saturated heterocycles. The van der Waals surface area contributed by atoms with Gasteiger partial charge in [-0.25, -0.2) is 0 Å². The molecule has 1 aromatic carbocycles. The van der Waals surface area contributed by atoms with Crippen molar-refractivity contribution in [3.8, 4) is 11.5 Å². The number of fused-ring (bicyclic) bond motifs is 3. The third kappa shape index (κ3) is 2.49. The third-order valence-electron chi connectivity index (χ3n) is 4.61. The lowest BCUT2D eigenvalue weighted by Crippen LogP contribution is -2.47. The van der Waals surface area contributed by atoms with Crippen molar-refractivity contribution in [2.24, 2.45) is 0 Å². The molecule has 0 bridgehead atoms. The molecular weight excluding hydrogens is 274 g/mol. The number of benzene rings is 1. The standard InChI is InChI=1S/C16H23NO2.ClH/c1-3-5-11-7-8-14(18)16-15(11)12-6-4-9-17(2)13(12)10-19-16;/h7-8,12-13,18H,3-6,9-10H2,1-2H3;1H/t12-,13+;/m0./s1. The second-order valence-electron chi connectivity index (χ2n) is 5.84. The molecule has 2 atom stereocenters. The molecule has 1 N–H and O–H groups in total. The second-order valence-corrected chi connectivity index (χ2v) is 5.84. The molecule has 3 rings (SSSR count). The molecular formula is C16H24ClNO2. The van der Waals surface area contributed by atoms with Crippen LogP contribution in [0.3, 0.4) is 0 Å². The minimum atomic E-state index is 0. The van der Waals surface area contributed by atoms with E-state index in [1.54, 1.807) is 6.07 Å². The number of phenolic OH excluding ortho intramolecular Hbond substituents is 1. The number of phenols is 1. The van der Waals surface area contributed by atoms with E-state index in [2.05, 4.69) is 24.9 Å². The summed E-state index contributed by atoms with van der Waals surface area (Å²) in [6, 6.07) is 4.34. The number of halogens is 1. The van der Waals surface area contributed by atoms with Crippen molar-refractivity contribution in [3.05, 3.63) is 23.3 Å². The lowest BCUT2D eigenvalue weighted by molar-refractivity contribution is 0.0843. The minimum absolute atomic E-state index is 0. The zero-order chi connectivity index (χ0) is 13.4. The van der Waals surface area contributed by atoms with Gasteiger partial charge in [0.25, 0.3) is 0 Å². The Hall–Kier alpha value is -0.930. The highest BCUT2D eigenvalue weighted by atomic mass is 35.5. The van der Waals surface area contributed by atoms with Crippen molar-refractivity contribution >= 4 is 12.4 Å². The second kappa shape index (κ2) is 6.23. The summed E-state index contributed by atoms with van der Waals surface area (Å²) in [4.78, 5) is 2.41. The quantitative estimate of drug-likeness (QED) is 0.909. The highest BCUT2D eigenvalue weighted by Crippen LogP contribution is 2.46. The zero-order valence-corrected chi connectivity index (χ0v) is 13.1. The monoisotopic (exact) mass is 297 g/mol. The molecule has 2 aliphatic heterocycles. The fourth-order valence-electron chi connectivity index (χ4n) is 3.65. The number of rotatable bonds is 2. The number of aromatic hydroxyl groups is 1. The largest absolute Gasteiger partial charge is 0.504 e. The summed E-state index contributed by atoms with van der Waals surface area (Å²) in [7, 11) is 2.19. The van der Waals surface area contributed by atoms with Gasteiger partial charge in [-0.1, -0.05) is 19.4 Å². The number of likely N-dealkylation sites (tertiary alicyclic amines) is 1. The van der Waals surface area contributed by atoms with E-state index < -0.39 is 0 Å². The topological polar surface area (TPSA) is 32.7 Å². The number of likely N-dealkylation sites (N-methyl/N-ethyl adjacent to an activating group) is 1. The molecule has 0 radical (unpaired) electrons. The summed E-state index contributed by atoms with van der Waals surface area (Å²) >= 11 is 0. The van der Waals surface area contributed by atoms with Crippen LogP contribution < -0.4 is 4.74 Å². The molecule has 0 aromatic heterocycles. The van der Waals surface area contributed by atoms with Gasteiger partial charge in [-0.15, -0.1) is 12.4 Å². The molecule has 0 saturated carbocycles. The van der Waals surface area contributed by atoms with Crippen molar-refractivity contribution < 1.29 is 9.84 Å². The number of nitrogens with zero attached hydrogens (tertiary/aromatic N) is 1. The zero-order valence-electron chi connectivity index (χ0n) is 12.3. The smallest absolute Gasteiger partial charge is 0.164 e. The van der Waals surface area contributed by atoms with Crippen molar-refractivity contribution in [2.45, 2.75) is 44.6 Å². The first-order valence-corrected chi connectivity index (χ1v) is 7.40. The number of ether oxygens (including phenoxy) is 1. The van der Waals surface area contributed by atoms with Crippen LogP contribution in [-0.2, 0) is 6.42 Å². The van der Waals surface area contributed by atoms with Gasteiger partial charge < -0.3 is 9.84 Å². The van der Waals surface area contributed by atoms with Crippen molar-refractivity contribution in [1.82, 2.24) is 4.90 Å². The Morgan fingerprint density at radius 3 is 2.95 bits per heavy atom. The maximum atomic E-state index is 10.1. The third-order valence-corrected chi connectivity index (χ3v) is 4.61. The number of piperidine rings is 1. The van der Waals surface area contributed by atoms with Crippen LogP contribution in [0.1, 0.15) is 43.2 Å². The Kier molecular flexibility index (Phi) is 4.82. The molecule has 4 heteroatoms. The SMILES string of the molecule is CCCc1ccc(O)c2c1[C@H]1CCCN(C)[C@@H]1CO2.Cl. The minimum Gasteiger partial charge on any atom is -0.504 e. The van der Waals surface area contributed by atoms with Gasteiger partial charge in [-0.2, -0.15) is 0 Å². The summed E-state index contributed by atoms with van der Waals surface area (Å²) in [6.07, 6.45) is 4.65. The molecule has 1 fully saturated rings. The van der Waals surface area contributed by atoms with Crippen LogP contribution in [0.4, 0.5) is 0 Å². The highest BCUT2D eigenvalue weighted by Gasteiger charge is 2.38. The first-order valence-electron chi connectivity index (χ1n) is 7.40. The van der Waals surface area contributed by atoms with Crippen LogP contribution >= 0.6 is 12.4 Å². The summed E-state index contributed by atoms with van der Waals surface area (Å²) < 4.78 is 5.89. The summed E-state index contributed by atoms with van der Waals surface area (Å²) in [5, 5.41) is 10.1. The number of aryl methyl sites for hydroxylation is 1. The first kappa shape index (κ1) is 15.5. The Morgan fingerprint density at radius 2 is 2.20 bits per heavy atom. The Labute approximate surface area is 127 Å². The van der Waals surface area contributed by atoms with Crippen molar-refractivity contribution in [1.29, 1.82) is 0 Å². The summed E-state index contributed by atoms with van der Waals surface area (Å²) in [6.45, 7) is 4.06. The molecule has 112 valence electrons. The predicted octanol–water partition coefficient (Wildman–Crippen LogP) is 3.34. The van der Waals surface area contributed by atoms with Crippen LogP contribution in [0.15, 0.2) is 12.1 Å². The van der Waals surface area contributed by atoms with Crippen LogP contribution in [0, 0.1) is 0 Å². The van der Waals surface area contributed by atoms with Gasteiger partial charge in [0.05, 0.1) is 6.04 Å². The van der Waals surface area contributed by atoms with Gasteiger partial charge in [0.15, 0.2) is 11.5 Å². The highest BCUT2D eigenvalue weighted by molar-refractivity contribution is 5.85. The molecule has 0 spiro atoms. The summed E-state index contributed by atoms with van der Waals surface area (Å²) in [5.41, 5.74) is 2.64. The van der Waals surface area contributed by atoms with Crippen LogP contribution in [0.2, 0.25) is 0 Å². The van der Waals surface area contributed by atoms with Crippen LogP contribution in [0.25, 0.3) is 0 Å². The molecule has 3 nitrogen and oxygen atoms in total. The van der Waals surface area contributed by atoms with Crippen molar-refractivity contribution in [3.63, 3.8) is 0 Å². The van der Waals surface area contributed by atoms with Gasteiger partial charge in [-0.05, 0) is 44.5 Å². The van der Waals surface area contributed by atoms with E-state index in [9.17, 15) is 5.11 Å². The fraction of sp³-hybridized carbons (Fsp3) is 0.625. The van der Waals surface area contributed by atoms with Gasteiger partial charge in [0.1, 0.15) is 6.61 Å². The van der Waals surface area contributed by atoms with E-state index in [-0.39, 0.29) is 12.4 Å². The number of hydrogen-bond acceptors (Lipinski definition) is 3. The predicted molar refractivity (Wildman–Crippen MR) is 83.2 cm³/mol. The Bertz CT molecular complexity index is 478. The molecule has 2 aliphatic rings. The van der Waals surface area contributed by atoms with E-state index in [1.165, 1.54) is 24.0 Å². The van der Waals surface area contributed by atoms with E-state index >= 15 is 0 Å².